The van der Waals surface area contributed by atoms with E-state index >= 15 is 0 Å². The van der Waals surface area contributed by atoms with Crippen LogP contribution in [0.2, 0.25) is 0 Å². The monoisotopic (exact) mass is 737 g/mol. The van der Waals surface area contributed by atoms with E-state index < -0.39 is 6.29 Å². The molecule has 1 aliphatic carbocycles. The van der Waals surface area contributed by atoms with Crippen LogP contribution in [0.4, 0.5) is 10.5 Å². The summed E-state index contributed by atoms with van der Waals surface area (Å²) >= 11 is 0. The third-order valence-electron chi connectivity index (χ3n) is 10.8. The van der Waals surface area contributed by atoms with Crippen LogP contribution >= 0.6 is 0 Å². The lowest BCUT2D eigenvalue weighted by molar-refractivity contribution is -0.276. The van der Waals surface area contributed by atoms with E-state index in [4.69, 9.17) is 14.2 Å². The normalized spacial score (nSPS) is 19.9. The number of hydrogen-bond donors (Lipinski definition) is 3. The molecular formula is C47H51N3O5. The number of carbonyl (C=O) groups is 1. The Kier molecular flexibility index (Phi) is 12.7. The first-order valence-corrected chi connectivity index (χ1v) is 19.4. The SMILES string of the molecule is C=CCN(CC1OC(c2ccc(-c3ccccc3CNC(=O)Nc3ccc(Oc4ccccc4)cc3)cc2)OC(c2ccc(CO)cc2)C1C)C1CCCC1. The largest absolute Gasteiger partial charge is 0.457 e. The Morgan fingerprint density at radius 2 is 1.51 bits per heavy atom. The Morgan fingerprint density at radius 1 is 0.836 bits per heavy atom. The van der Waals surface area contributed by atoms with Gasteiger partial charge in [-0.2, -0.15) is 0 Å². The molecule has 0 aromatic heterocycles. The van der Waals surface area contributed by atoms with Crippen molar-refractivity contribution in [2.75, 3.05) is 18.4 Å². The molecule has 0 spiro atoms. The van der Waals surface area contributed by atoms with Gasteiger partial charge in [0.05, 0.1) is 18.8 Å². The zero-order valence-electron chi connectivity index (χ0n) is 31.5. The summed E-state index contributed by atoms with van der Waals surface area (Å²) in [6, 6.07) is 41.7. The van der Waals surface area contributed by atoms with E-state index in [0.717, 1.165) is 52.2 Å². The summed E-state index contributed by atoms with van der Waals surface area (Å²) in [5.41, 5.74) is 6.64. The van der Waals surface area contributed by atoms with E-state index in [2.05, 4.69) is 71.5 Å². The highest BCUT2D eigenvalue weighted by atomic mass is 16.7. The second-order valence-corrected chi connectivity index (χ2v) is 14.5. The number of benzene rings is 5. The topological polar surface area (TPSA) is 92.3 Å². The van der Waals surface area contributed by atoms with E-state index in [0.29, 0.717) is 24.0 Å². The quantitative estimate of drug-likeness (QED) is 0.0983. The molecular weight excluding hydrogens is 687 g/mol. The molecule has 1 aliphatic heterocycles. The van der Waals surface area contributed by atoms with Gasteiger partial charge >= 0.3 is 6.03 Å². The molecule has 7 rings (SSSR count). The summed E-state index contributed by atoms with van der Waals surface area (Å²) in [7, 11) is 0. The first-order chi connectivity index (χ1) is 27.0. The molecule has 2 aliphatic rings. The van der Waals surface area contributed by atoms with Gasteiger partial charge in [-0.05, 0) is 77.1 Å². The van der Waals surface area contributed by atoms with Crippen molar-refractivity contribution in [1.82, 2.24) is 10.2 Å². The minimum absolute atomic E-state index is 0.00679. The summed E-state index contributed by atoms with van der Waals surface area (Å²) < 4.78 is 19.5. The molecule has 0 bridgehead atoms. The van der Waals surface area contributed by atoms with Crippen LogP contribution in [0, 0.1) is 5.92 Å². The zero-order valence-corrected chi connectivity index (χ0v) is 31.5. The lowest BCUT2D eigenvalue weighted by Gasteiger charge is -2.43. The van der Waals surface area contributed by atoms with E-state index in [9.17, 15) is 9.90 Å². The van der Waals surface area contributed by atoms with Gasteiger partial charge in [-0.15, -0.1) is 6.58 Å². The molecule has 1 heterocycles. The predicted octanol–water partition coefficient (Wildman–Crippen LogP) is 10.2. The van der Waals surface area contributed by atoms with Gasteiger partial charge in [0.25, 0.3) is 0 Å². The highest BCUT2D eigenvalue weighted by molar-refractivity contribution is 5.89. The number of nitrogens with zero attached hydrogens (tertiary/aromatic N) is 1. The van der Waals surface area contributed by atoms with Crippen molar-refractivity contribution in [1.29, 1.82) is 0 Å². The molecule has 1 saturated heterocycles. The minimum atomic E-state index is -0.550. The van der Waals surface area contributed by atoms with E-state index in [1.54, 1.807) is 0 Å². The fraction of sp³-hybridized carbons (Fsp3) is 0.298. The summed E-state index contributed by atoms with van der Waals surface area (Å²) in [4.78, 5) is 15.5. The summed E-state index contributed by atoms with van der Waals surface area (Å²) in [6.45, 7) is 8.28. The third-order valence-corrected chi connectivity index (χ3v) is 10.8. The maximum absolute atomic E-state index is 12.9. The van der Waals surface area contributed by atoms with E-state index in [1.165, 1.54) is 25.7 Å². The van der Waals surface area contributed by atoms with Gasteiger partial charge in [0.15, 0.2) is 6.29 Å². The fourth-order valence-electron chi connectivity index (χ4n) is 7.72. The average molecular weight is 738 g/mol. The molecule has 4 unspecified atom stereocenters. The van der Waals surface area contributed by atoms with Gasteiger partial charge in [-0.3, -0.25) is 4.90 Å². The lowest BCUT2D eigenvalue weighted by Crippen LogP contribution is -2.47. The summed E-state index contributed by atoms with van der Waals surface area (Å²) in [5.74, 6) is 1.55. The number of aliphatic hydroxyl groups is 1. The smallest absolute Gasteiger partial charge is 0.319 e. The van der Waals surface area contributed by atoms with Crippen LogP contribution in [0.25, 0.3) is 11.1 Å². The van der Waals surface area contributed by atoms with Gasteiger partial charge in [-0.25, -0.2) is 4.79 Å². The second kappa shape index (κ2) is 18.4. The molecule has 5 aromatic carbocycles. The van der Waals surface area contributed by atoms with Crippen molar-refractivity contribution in [2.24, 2.45) is 5.92 Å². The molecule has 1 saturated carbocycles. The second-order valence-electron chi connectivity index (χ2n) is 14.5. The molecule has 2 fully saturated rings. The molecule has 0 radical (unpaired) electrons. The van der Waals surface area contributed by atoms with Crippen molar-refractivity contribution < 1.29 is 24.1 Å². The molecule has 8 heteroatoms. The van der Waals surface area contributed by atoms with Crippen LogP contribution in [0.5, 0.6) is 11.5 Å². The van der Waals surface area contributed by atoms with Crippen molar-refractivity contribution in [3.8, 4) is 22.6 Å². The average Bonchev–Trinajstić information content (AvgIpc) is 3.77. The summed E-state index contributed by atoms with van der Waals surface area (Å²) in [6.07, 6.45) is 6.18. The number of hydrogen-bond acceptors (Lipinski definition) is 6. The van der Waals surface area contributed by atoms with Crippen LogP contribution in [0.15, 0.2) is 140 Å². The molecule has 8 nitrogen and oxygen atoms in total. The number of carbonyl (C=O) groups excluding carboxylic acids is 1. The number of urea groups is 1. The third kappa shape index (κ3) is 9.71. The Hall–Kier alpha value is -5.25. The summed E-state index contributed by atoms with van der Waals surface area (Å²) in [5, 5.41) is 15.6. The fourth-order valence-corrected chi connectivity index (χ4v) is 7.72. The number of nitrogens with one attached hydrogen (secondary N) is 2. The predicted molar refractivity (Wildman–Crippen MR) is 218 cm³/mol. The Morgan fingerprint density at radius 3 is 2.22 bits per heavy atom. The highest BCUT2D eigenvalue weighted by Crippen LogP contribution is 2.43. The lowest BCUT2D eigenvalue weighted by atomic mass is 9.89. The van der Waals surface area contributed by atoms with Crippen LogP contribution < -0.4 is 15.4 Å². The van der Waals surface area contributed by atoms with E-state index in [-0.39, 0.29) is 30.8 Å². The van der Waals surface area contributed by atoms with Gasteiger partial charge in [0.2, 0.25) is 0 Å². The van der Waals surface area contributed by atoms with Crippen LogP contribution in [-0.4, -0.2) is 41.3 Å². The molecule has 4 atom stereocenters. The van der Waals surface area contributed by atoms with Crippen molar-refractivity contribution >= 4 is 11.7 Å². The Bertz CT molecular complexity index is 1980. The molecule has 5 aromatic rings. The highest BCUT2D eigenvalue weighted by Gasteiger charge is 2.40. The van der Waals surface area contributed by atoms with Crippen LogP contribution in [-0.2, 0) is 22.6 Å². The first-order valence-electron chi connectivity index (χ1n) is 19.4. The van der Waals surface area contributed by atoms with Crippen LogP contribution in [0.3, 0.4) is 0 Å². The van der Waals surface area contributed by atoms with Gasteiger partial charge in [-0.1, -0.05) is 117 Å². The number of para-hydroxylation sites is 1. The molecule has 3 N–H and O–H groups in total. The van der Waals surface area contributed by atoms with Crippen LogP contribution in [0.1, 0.15) is 67.3 Å². The maximum Gasteiger partial charge on any atom is 0.319 e. The molecule has 2 amide bonds. The van der Waals surface area contributed by atoms with E-state index in [1.807, 2.05) is 91.0 Å². The first kappa shape index (κ1) is 38.0. The van der Waals surface area contributed by atoms with Gasteiger partial charge in [0.1, 0.15) is 11.5 Å². The number of rotatable bonds is 14. The zero-order chi connectivity index (χ0) is 38.0. The van der Waals surface area contributed by atoms with Gasteiger partial charge < -0.3 is 30.0 Å². The van der Waals surface area contributed by atoms with Gasteiger partial charge in [0, 0.05) is 42.8 Å². The number of ether oxygens (including phenoxy) is 3. The Labute approximate surface area is 324 Å². The molecule has 55 heavy (non-hydrogen) atoms. The maximum atomic E-state index is 12.9. The van der Waals surface area contributed by atoms with Crippen molar-refractivity contribution in [3.63, 3.8) is 0 Å². The standard InChI is InChI=1S/C47H51N3O5/c1-3-29-50(40-12-8-9-13-40)31-44-33(2)45(36-19-17-34(32-51)18-20-36)55-46(54-44)37-23-21-35(22-24-37)43-16-10-7-11-38(43)30-48-47(52)49-39-25-27-42(28-26-39)53-41-14-5-4-6-15-41/h3-7,10-11,14-28,33,40,44-46,51H,1,8-9,12-13,29-32H2,2H3,(H2,48,49,52). The van der Waals surface area contributed by atoms with Crippen molar-refractivity contribution in [3.05, 3.63) is 162 Å². The van der Waals surface area contributed by atoms with Crippen molar-refractivity contribution in [2.45, 2.75) is 70.3 Å². The molecule has 284 valence electrons. The number of aliphatic hydroxyl groups excluding tert-OH is 1. The number of anilines is 1. The Balaban J connectivity index is 1.03. The minimum Gasteiger partial charge on any atom is -0.457 e. The number of amides is 2.